The third kappa shape index (κ3) is 5.04. The van der Waals surface area contributed by atoms with Gasteiger partial charge in [-0.15, -0.1) is 0 Å². The van der Waals surface area contributed by atoms with E-state index in [0.717, 1.165) is 88.3 Å². The summed E-state index contributed by atoms with van der Waals surface area (Å²) in [4.78, 5) is 31.7. The molecule has 254 valence electrons. The Morgan fingerprint density at radius 3 is 2.50 bits per heavy atom. The molecule has 46 heavy (non-hydrogen) atoms. The third-order valence-electron chi connectivity index (χ3n) is 14.6. The molecule has 2 heterocycles. The molecule has 0 radical (unpaired) electrons. The van der Waals surface area contributed by atoms with Crippen LogP contribution in [0.4, 0.5) is 0 Å². The van der Waals surface area contributed by atoms with Crippen molar-refractivity contribution in [3.05, 3.63) is 43.0 Å². The van der Waals surface area contributed by atoms with Crippen LogP contribution in [0, 0.1) is 51.2 Å². The molecule has 1 aliphatic heterocycles. The fourth-order valence-corrected chi connectivity index (χ4v) is 12.2. The number of nitrogens with zero attached hydrogens (tertiary/aromatic N) is 2. The van der Waals surface area contributed by atoms with Crippen LogP contribution in [0.1, 0.15) is 112 Å². The first-order chi connectivity index (χ1) is 21.8. The summed E-state index contributed by atoms with van der Waals surface area (Å²) in [5, 5.41) is 11.7. The van der Waals surface area contributed by atoms with Gasteiger partial charge in [0.2, 0.25) is 0 Å². The number of esters is 2. The summed E-state index contributed by atoms with van der Waals surface area (Å²) < 4.78 is 14.7. The van der Waals surface area contributed by atoms with Crippen molar-refractivity contribution >= 4 is 11.9 Å². The van der Waals surface area contributed by atoms with Gasteiger partial charge in [0.15, 0.2) is 0 Å². The highest BCUT2D eigenvalue weighted by Crippen LogP contribution is 2.77. The molecule has 0 spiro atoms. The number of carbonyl (C=O) groups excluding carboxylic acids is 2. The van der Waals surface area contributed by atoms with Crippen LogP contribution in [0.5, 0.6) is 0 Å². The molecule has 1 saturated heterocycles. The summed E-state index contributed by atoms with van der Waals surface area (Å²) in [6.45, 7) is 21.6. The lowest BCUT2D eigenvalue weighted by atomic mass is 9.33. The van der Waals surface area contributed by atoms with Crippen molar-refractivity contribution in [1.29, 1.82) is 0 Å². The zero-order valence-electron chi connectivity index (χ0n) is 29.1. The summed E-state index contributed by atoms with van der Waals surface area (Å²) >= 11 is 0. The maximum Gasteiger partial charge on any atom is 0.312 e. The number of aryl methyl sites for hydroxylation is 1. The first kappa shape index (κ1) is 33.5. The van der Waals surface area contributed by atoms with Crippen molar-refractivity contribution in [1.82, 2.24) is 9.55 Å². The molecular weight excluding hydrogens is 576 g/mol. The van der Waals surface area contributed by atoms with Gasteiger partial charge in [0.1, 0.15) is 6.10 Å². The van der Waals surface area contributed by atoms with Crippen molar-refractivity contribution in [2.45, 2.75) is 130 Å². The topological polar surface area (TPSA) is 90.7 Å². The molecule has 5 aliphatic rings. The van der Waals surface area contributed by atoms with Crippen molar-refractivity contribution in [2.24, 2.45) is 51.2 Å². The van der Waals surface area contributed by atoms with Crippen molar-refractivity contribution in [2.75, 3.05) is 6.61 Å². The Labute approximate surface area is 276 Å². The highest BCUT2D eigenvalue weighted by molar-refractivity contribution is 5.78. The number of aliphatic hydroxyl groups excluding tert-OH is 1. The molecule has 1 aromatic heterocycles. The van der Waals surface area contributed by atoms with Crippen LogP contribution >= 0.6 is 0 Å². The first-order valence-electron chi connectivity index (χ1n) is 18.1. The SMILES string of the molecule is C=C(C)[C@@H]1CC[C@]2(C(=O)OCCCCCCn3ccnc3)CC[C@]3(C)[C@H](C[C@H]4OC(=O)C[C@@H](O)[C@]5(C)[C@@H]4[C@@]3(C)CC[C@H]5C(=C)C)[C@@H]12. The van der Waals surface area contributed by atoms with Gasteiger partial charge in [0.05, 0.1) is 30.9 Å². The number of ether oxygens (including phenoxy) is 2. The number of imidazole rings is 1. The van der Waals surface area contributed by atoms with Crippen LogP contribution in [0.25, 0.3) is 0 Å². The molecule has 0 amide bonds. The zero-order chi connectivity index (χ0) is 33.1. The maximum atomic E-state index is 14.3. The van der Waals surface area contributed by atoms with E-state index in [9.17, 15) is 14.7 Å². The molecule has 4 saturated carbocycles. The molecule has 7 heteroatoms. The van der Waals surface area contributed by atoms with Gasteiger partial charge >= 0.3 is 11.9 Å². The van der Waals surface area contributed by atoms with Crippen LogP contribution < -0.4 is 0 Å². The van der Waals surface area contributed by atoms with Crippen LogP contribution in [-0.4, -0.2) is 45.4 Å². The molecule has 5 fully saturated rings. The average Bonchev–Trinajstić information content (AvgIpc) is 3.64. The number of hydrogen-bond acceptors (Lipinski definition) is 6. The summed E-state index contributed by atoms with van der Waals surface area (Å²) in [6, 6.07) is 0. The fraction of sp³-hybridized carbons (Fsp3) is 0.769. The standard InChI is InChI=1S/C39H58N2O5/c1-25(2)27-12-15-39(35(44)45-21-11-9-8-10-19-41-20-18-40-24-41)17-16-36(5)29(33(27)39)22-30-34-37(36,6)14-13-28(26(3)4)38(34,7)31(42)23-32(43)46-30/h18,20,24,27-31,33-34,42H,1,3,8-17,19,21-23H2,2,4-7H3/t27-,28-,29+,30+,31+,33+,34-,36+,37+,38+,39-/m0/s1. The minimum atomic E-state index is -0.769. The van der Waals surface area contributed by atoms with Gasteiger partial charge < -0.3 is 19.1 Å². The van der Waals surface area contributed by atoms with Crippen molar-refractivity contribution in [3.63, 3.8) is 0 Å². The molecular formula is C39H58N2O5. The van der Waals surface area contributed by atoms with Gasteiger partial charge in [-0.3, -0.25) is 9.59 Å². The minimum absolute atomic E-state index is 0.0156. The lowest BCUT2D eigenvalue weighted by Crippen LogP contribution is -2.69. The van der Waals surface area contributed by atoms with Gasteiger partial charge in [-0.05, 0) is 113 Å². The van der Waals surface area contributed by atoms with Crippen molar-refractivity contribution < 1.29 is 24.2 Å². The fourth-order valence-electron chi connectivity index (χ4n) is 12.2. The zero-order valence-corrected chi connectivity index (χ0v) is 29.1. The summed E-state index contributed by atoms with van der Waals surface area (Å²) in [7, 11) is 0. The van der Waals surface area contributed by atoms with E-state index in [4.69, 9.17) is 9.47 Å². The number of aromatic nitrogens is 2. The lowest BCUT2D eigenvalue weighted by molar-refractivity contribution is -0.260. The number of carbonyl (C=O) groups is 2. The van der Waals surface area contributed by atoms with E-state index in [2.05, 4.69) is 57.3 Å². The minimum Gasteiger partial charge on any atom is -0.465 e. The Bertz CT molecular complexity index is 1340. The first-order valence-corrected chi connectivity index (χ1v) is 18.1. The number of rotatable bonds is 10. The summed E-state index contributed by atoms with van der Waals surface area (Å²) in [5.74, 6) is 0.395. The number of unbranched alkanes of at least 4 members (excludes halogenated alkanes) is 3. The van der Waals surface area contributed by atoms with Crippen LogP contribution in [0.3, 0.4) is 0 Å². The van der Waals surface area contributed by atoms with Crippen LogP contribution in [0.15, 0.2) is 43.0 Å². The number of hydrogen-bond donors (Lipinski definition) is 1. The van der Waals surface area contributed by atoms with Gasteiger partial charge in [-0.25, -0.2) is 4.98 Å². The molecule has 6 rings (SSSR count). The van der Waals surface area contributed by atoms with E-state index in [-0.39, 0.29) is 64.9 Å². The number of allylic oxidation sites excluding steroid dienone is 2. The predicted octanol–water partition coefficient (Wildman–Crippen LogP) is 7.69. The number of aliphatic hydroxyl groups is 1. The predicted molar refractivity (Wildman–Crippen MR) is 178 cm³/mol. The van der Waals surface area contributed by atoms with E-state index in [1.807, 2.05) is 18.7 Å². The lowest BCUT2D eigenvalue weighted by Gasteiger charge is -2.71. The van der Waals surface area contributed by atoms with Crippen LogP contribution in [0.2, 0.25) is 0 Å². The average molecular weight is 635 g/mol. The maximum absolute atomic E-state index is 14.3. The monoisotopic (exact) mass is 634 g/mol. The highest BCUT2D eigenvalue weighted by atomic mass is 16.5. The second kappa shape index (κ2) is 12.2. The molecule has 11 atom stereocenters. The number of fused-ring (bicyclic) bond motifs is 4. The second-order valence-electron chi connectivity index (χ2n) is 16.7. The Morgan fingerprint density at radius 2 is 1.80 bits per heavy atom. The second-order valence-corrected chi connectivity index (χ2v) is 16.7. The molecule has 1 N–H and O–H groups in total. The Hall–Kier alpha value is -2.41. The quantitative estimate of drug-likeness (QED) is 0.161. The normalized spacial score (nSPS) is 43.0. The molecule has 0 unspecified atom stereocenters. The van der Waals surface area contributed by atoms with Gasteiger partial charge in [0, 0.05) is 30.3 Å². The Balaban J connectivity index is 1.25. The van der Waals surface area contributed by atoms with E-state index >= 15 is 0 Å². The Morgan fingerprint density at radius 1 is 1.04 bits per heavy atom. The molecule has 0 aromatic carbocycles. The molecule has 0 bridgehead atoms. The van der Waals surface area contributed by atoms with E-state index in [1.165, 1.54) is 0 Å². The largest absolute Gasteiger partial charge is 0.465 e. The smallest absolute Gasteiger partial charge is 0.312 e. The Kier molecular flexibility index (Phi) is 8.91. The third-order valence-corrected chi connectivity index (χ3v) is 14.6. The van der Waals surface area contributed by atoms with Gasteiger partial charge in [0.25, 0.3) is 0 Å². The van der Waals surface area contributed by atoms with Gasteiger partial charge in [-0.1, -0.05) is 51.5 Å². The van der Waals surface area contributed by atoms with E-state index in [0.29, 0.717) is 6.61 Å². The molecule has 7 nitrogen and oxygen atoms in total. The van der Waals surface area contributed by atoms with Crippen molar-refractivity contribution in [3.8, 4) is 0 Å². The molecule has 1 aromatic rings. The van der Waals surface area contributed by atoms with E-state index in [1.54, 1.807) is 0 Å². The summed E-state index contributed by atoms with van der Waals surface area (Å²) in [5.41, 5.74) is 0.976. The van der Waals surface area contributed by atoms with E-state index < -0.39 is 16.9 Å². The van der Waals surface area contributed by atoms with Crippen LogP contribution in [-0.2, 0) is 25.6 Å². The molecule has 4 aliphatic carbocycles. The highest BCUT2D eigenvalue weighted by Gasteiger charge is 2.74. The van der Waals surface area contributed by atoms with Gasteiger partial charge in [-0.2, -0.15) is 0 Å². The summed E-state index contributed by atoms with van der Waals surface area (Å²) in [6.07, 6.45) is 15.0.